The maximum Gasteiger partial charge on any atom is 0.340 e. The highest BCUT2D eigenvalue weighted by atomic mass is 19.1. The first-order valence-corrected chi connectivity index (χ1v) is 6.64. The summed E-state index contributed by atoms with van der Waals surface area (Å²) < 4.78 is 19.5. The average Bonchev–Trinajstić information content (AvgIpc) is 2.68. The Morgan fingerprint density at radius 2 is 2.00 bits per heavy atom. The number of carboxylic acid groups (broad SMARTS) is 1. The van der Waals surface area contributed by atoms with E-state index in [4.69, 9.17) is 4.74 Å². The Labute approximate surface area is 121 Å². The smallest absolute Gasteiger partial charge is 0.340 e. The second-order valence-corrected chi connectivity index (χ2v) is 4.82. The molecule has 2 aromatic rings. The number of benzene rings is 2. The van der Waals surface area contributed by atoms with E-state index in [1.54, 1.807) is 6.07 Å². The van der Waals surface area contributed by atoms with Gasteiger partial charge in [-0.3, -0.25) is 0 Å². The molecule has 0 saturated heterocycles. The Kier molecular flexibility index (Phi) is 3.48. The SMILES string of the molecule is O=C(O)c1c(F)cccc1N1CCOc2ccccc2C1. The molecule has 3 rings (SSSR count). The molecule has 1 aliphatic rings. The van der Waals surface area contributed by atoms with Gasteiger partial charge in [-0.05, 0) is 18.2 Å². The van der Waals surface area contributed by atoms with Gasteiger partial charge in [0.2, 0.25) is 0 Å². The number of hydrogen-bond donors (Lipinski definition) is 1. The van der Waals surface area contributed by atoms with Crippen molar-refractivity contribution in [2.45, 2.75) is 6.54 Å². The number of rotatable bonds is 2. The highest BCUT2D eigenvalue weighted by Crippen LogP contribution is 2.29. The van der Waals surface area contributed by atoms with Crippen molar-refractivity contribution >= 4 is 11.7 Å². The van der Waals surface area contributed by atoms with Crippen LogP contribution in [0, 0.1) is 5.82 Å². The third-order valence-corrected chi connectivity index (χ3v) is 3.50. The van der Waals surface area contributed by atoms with Gasteiger partial charge in [-0.15, -0.1) is 0 Å². The first kappa shape index (κ1) is 13.4. The lowest BCUT2D eigenvalue weighted by molar-refractivity contribution is 0.0692. The normalized spacial score (nSPS) is 14.0. The van der Waals surface area contributed by atoms with Gasteiger partial charge in [-0.25, -0.2) is 9.18 Å². The molecule has 0 fully saturated rings. The molecule has 0 radical (unpaired) electrons. The molecule has 0 unspecified atom stereocenters. The monoisotopic (exact) mass is 287 g/mol. The molecule has 0 aliphatic carbocycles. The summed E-state index contributed by atoms with van der Waals surface area (Å²) in [4.78, 5) is 13.2. The standard InChI is InChI=1S/C16H14FNO3/c17-12-5-3-6-13(15(12)16(19)20)18-8-9-21-14-7-2-1-4-11(14)10-18/h1-7H,8-10H2,(H,19,20). The largest absolute Gasteiger partial charge is 0.491 e. The van der Waals surface area contributed by atoms with Crippen molar-refractivity contribution in [3.05, 3.63) is 59.4 Å². The maximum atomic E-state index is 13.8. The van der Waals surface area contributed by atoms with Gasteiger partial charge in [-0.2, -0.15) is 0 Å². The van der Waals surface area contributed by atoms with E-state index < -0.39 is 11.8 Å². The molecule has 4 nitrogen and oxygen atoms in total. The number of ether oxygens (including phenoxy) is 1. The number of halogens is 1. The molecular formula is C16H14FNO3. The summed E-state index contributed by atoms with van der Waals surface area (Å²) in [5.74, 6) is -1.20. The van der Waals surface area contributed by atoms with E-state index in [1.807, 2.05) is 29.2 Å². The number of carbonyl (C=O) groups is 1. The van der Waals surface area contributed by atoms with Crippen LogP contribution >= 0.6 is 0 Å². The molecule has 0 amide bonds. The zero-order chi connectivity index (χ0) is 14.8. The molecule has 21 heavy (non-hydrogen) atoms. The molecule has 1 N–H and O–H groups in total. The molecule has 0 spiro atoms. The average molecular weight is 287 g/mol. The second kappa shape index (κ2) is 5.44. The summed E-state index contributed by atoms with van der Waals surface area (Å²) in [6.45, 7) is 1.41. The highest BCUT2D eigenvalue weighted by molar-refractivity contribution is 5.94. The molecule has 2 aromatic carbocycles. The first-order valence-electron chi connectivity index (χ1n) is 6.64. The molecule has 108 valence electrons. The van der Waals surface area contributed by atoms with Crippen molar-refractivity contribution in [3.63, 3.8) is 0 Å². The van der Waals surface area contributed by atoms with Crippen LogP contribution < -0.4 is 9.64 Å². The molecule has 1 heterocycles. The minimum atomic E-state index is -1.26. The van der Waals surface area contributed by atoms with E-state index in [0.29, 0.717) is 25.4 Å². The Hall–Kier alpha value is -2.56. The minimum Gasteiger partial charge on any atom is -0.491 e. The van der Waals surface area contributed by atoms with E-state index >= 15 is 0 Å². The van der Waals surface area contributed by atoms with Crippen LogP contribution in [0.15, 0.2) is 42.5 Å². The van der Waals surface area contributed by atoms with Crippen molar-refractivity contribution in [1.82, 2.24) is 0 Å². The van der Waals surface area contributed by atoms with Gasteiger partial charge < -0.3 is 14.7 Å². The number of nitrogens with zero attached hydrogens (tertiary/aromatic N) is 1. The van der Waals surface area contributed by atoms with Crippen LogP contribution in [-0.4, -0.2) is 24.2 Å². The number of carboxylic acids is 1. The van der Waals surface area contributed by atoms with E-state index in [0.717, 1.165) is 17.4 Å². The second-order valence-electron chi connectivity index (χ2n) is 4.82. The topological polar surface area (TPSA) is 49.8 Å². The molecule has 0 saturated carbocycles. The van der Waals surface area contributed by atoms with Gasteiger partial charge >= 0.3 is 5.97 Å². The Bertz CT molecular complexity index is 687. The summed E-state index contributed by atoms with van der Waals surface area (Å²) in [7, 11) is 0. The zero-order valence-corrected chi connectivity index (χ0v) is 11.3. The summed E-state index contributed by atoms with van der Waals surface area (Å²) >= 11 is 0. The lowest BCUT2D eigenvalue weighted by atomic mass is 10.1. The van der Waals surface area contributed by atoms with Gasteiger partial charge in [-0.1, -0.05) is 24.3 Å². The summed E-state index contributed by atoms with van der Waals surface area (Å²) in [5.41, 5.74) is 1.04. The predicted molar refractivity (Wildman–Crippen MR) is 76.3 cm³/mol. The van der Waals surface area contributed by atoms with E-state index in [2.05, 4.69) is 0 Å². The summed E-state index contributed by atoms with van der Waals surface area (Å²) in [6, 6.07) is 11.9. The van der Waals surface area contributed by atoms with Gasteiger partial charge in [0, 0.05) is 12.1 Å². The number of anilines is 1. The lowest BCUT2D eigenvalue weighted by Crippen LogP contribution is -2.27. The fraction of sp³-hybridized carbons (Fsp3) is 0.188. The van der Waals surface area contributed by atoms with E-state index in [1.165, 1.54) is 6.07 Å². The minimum absolute atomic E-state index is 0.295. The van der Waals surface area contributed by atoms with Gasteiger partial charge in [0.1, 0.15) is 23.7 Å². The maximum absolute atomic E-state index is 13.8. The van der Waals surface area contributed by atoms with Crippen LogP contribution in [0.4, 0.5) is 10.1 Å². The van der Waals surface area contributed by atoms with Crippen molar-refractivity contribution in [3.8, 4) is 5.75 Å². The van der Waals surface area contributed by atoms with E-state index in [9.17, 15) is 14.3 Å². The highest BCUT2D eigenvalue weighted by Gasteiger charge is 2.22. The quantitative estimate of drug-likeness (QED) is 0.922. The van der Waals surface area contributed by atoms with Gasteiger partial charge in [0.05, 0.1) is 12.2 Å². The van der Waals surface area contributed by atoms with Crippen molar-refractivity contribution in [2.75, 3.05) is 18.1 Å². The third kappa shape index (κ3) is 2.54. The Balaban J connectivity index is 2.02. The fourth-order valence-electron chi connectivity index (χ4n) is 2.52. The van der Waals surface area contributed by atoms with Crippen LogP contribution in [-0.2, 0) is 6.54 Å². The van der Waals surface area contributed by atoms with Gasteiger partial charge in [0.25, 0.3) is 0 Å². The van der Waals surface area contributed by atoms with Crippen molar-refractivity contribution in [1.29, 1.82) is 0 Å². The van der Waals surface area contributed by atoms with Crippen LogP contribution in [0.5, 0.6) is 5.75 Å². The fourth-order valence-corrected chi connectivity index (χ4v) is 2.52. The number of fused-ring (bicyclic) bond motifs is 1. The van der Waals surface area contributed by atoms with Crippen LogP contribution in [0.25, 0.3) is 0 Å². The molecule has 0 bridgehead atoms. The molecule has 0 aromatic heterocycles. The molecule has 5 heteroatoms. The van der Waals surface area contributed by atoms with Crippen LogP contribution in [0.3, 0.4) is 0 Å². The molecular weight excluding hydrogens is 273 g/mol. The lowest BCUT2D eigenvalue weighted by Gasteiger charge is -2.24. The molecule has 1 aliphatic heterocycles. The van der Waals surface area contributed by atoms with Gasteiger partial charge in [0.15, 0.2) is 0 Å². The number of para-hydroxylation sites is 1. The van der Waals surface area contributed by atoms with Crippen LogP contribution in [0.2, 0.25) is 0 Å². The van der Waals surface area contributed by atoms with Crippen molar-refractivity contribution in [2.24, 2.45) is 0 Å². The summed E-state index contributed by atoms with van der Waals surface area (Å²) in [6.07, 6.45) is 0. The number of hydrogen-bond acceptors (Lipinski definition) is 3. The molecule has 0 atom stereocenters. The Morgan fingerprint density at radius 1 is 1.19 bits per heavy atom. The predicted octanol–water partition coefficient (Wildman–Crippen LogP) is 2.92. The third-order valence-electron chi connectivity index (χ3n) is 3.50. The van der Waals surface area contributed by atoms with Crippen LogP contribution in [0.1, 0.15) is 15.9 Å². The number of aromatic carboxylic acids is 1. The van der Waals surface area contributed by atoms with E-state index in [-0.39, 0.29) is 5.56 Å². The zero-order valence-electron chi connectivity index (χ0n) is 11.3. The first-order chi connectivity index (χ1) is 10.2. The Morgan fingerprint density at radius 3 is 2.81 bits per heavy atom. The summed E-state index contributed by atoms with van der Waals surface area (Å²) in [5, 5.41) is 9.24. The van der Waals surface area contributed by atoms with Crippen molar-refractivity contribution < 1.29 is 19.0 Å².